The van der Waals surface area contributed by atoms with Crippen molar-refractivity contribution in [2.75, 3.05) is 19.6 Å². The minimum Gasteiger partial charge on any atom is -0.354 e. The standard InChI is InChI=1S/C22H26F2N2O3S/c1-3-15(2)30(28,29)26-11-10-25-22(27)18(14-26)12-16-6-4-5-7-19(16)17-8-9-20(23)21(24)13-17/h4-9,13,15,18H,3,10-12,14H2,1-2H3,(H,25,27)/t15-,18-/m1/s1. The summed E-state index contributed by atoms with van der Waals surface area (Å²) in [6, 6.07) is 10.9. The van der Waals surface area contributed by atoms with Crippen LogP contribution in [-0.4, -0.2) is 43.5 Å². The highest BCUT2D eigenvalue weighted by molar-refractivity contribution is 7.89. The fraction of sp³-hybridized carbons (Fsp3) is 0.409. The number of amides is 1. The molecular formula is C22H26F2N2O3S. The molecule has 0 unspecified atom stereocenters. The molecule has 1 aliphatic rings. The minimum absolute atomic E-state index is 0.0879. The number of hydrogen-bond donors (Lipinski definition) is 1. The fourth-order valence-corrected chi connectivity index (χ4v) is 5.29. The summed E-state index contributed by atoms with van der Waals surface area (Å²) in [7, 11) is -3.51. The number of sulfonamides is 1. The molecule has 162 valence electrons. The van der Waals surface area contributed by atoms with Crippen LogP contribution in [0.1, 0.15) is 25.8 Å². The van der Waals surface area contributed by atoms with Gasteiger partial charge >= 0.3 is 0 Å². The zero-order valence-corrected chi connectivity index (χ0v) is 17.9. The predicted molar refractivity (Wildman–Crippen MR) is 112 cm³/mol. The maximum absolute atomic E-state index is 13.8. The average Bonchev–Trinajstić information content (AvgIpc) is 2.92. The first-order chi connectivity index (χ1) is 14.2. The molecular weight excluding hydrogens is 410 g/mol. The summed E-state index contributed by atoms with van der Waals surface area (Å²) >= 11 is 0. The molecule has 0 saturated carbocycles. The maximum atomic E-state index is 13.8. The van der Waals surface area contributed by atoms with Gasteiger partial charge in [-0.25, -0.2) is 17.2 Å². The molecule has 1 aliphatic heterocycles. The number of carbonyl (C=O) groups excluding carboxylic acids is 1. The number of halogens is 2. The zero-order chi connectivity index (χ0) is 21.9. The van der Waals surface area contributed by atoms with Crippen LogP contribution in [0.5, 0.6) is 0 Å². The van der Waals surface area contributed by atoms with Crippen LogP contribution in [0.3, 0.4) is 0 Å². The van der Waals surface area contributed by atoms with E-state index in [0.29, 0.717) is 17.5 Å². The molecule has 30 heavy (non-hydrogen) atoms. The molecule has 1 heterocycles. The first-order valence-electron chi connectivity index (χ1n) is 10.0. The molecule has 1 N–H and O–H groups in total. The van der Waals surface area contributed by atoms with E-state index in [1.54, 1.807) is 25.1 Å². The van der Waals surface area contributed by atoms with Crippen molar-refractivity contribution < 1.29 is 22.0 Å². The lowest BCUT2D eigenvalue weighted by Gasteiger charge is -2.26. The van der Waals surface area contributed by atoms with E-state index < -0.39 is 32.8 Å². The third-order valence-corrected chi connectivity index (χ3v) is 8.01. The number of nitrogens with one attached hydrogen (secondary N) is 1. The maximum Gasteiger partial charge on any atom is 0.224 e. The Hall–Kier alpha value is -2.32. The molecule has 8 heteroatoms. The second kappa shape index (κ2) is 9.22. The summed E-state index contributed by atoms with van der Waals surface area (Å²) in [5.41, 5.74) is 1.96. The smallest absolute Gasteiger partial charge is 0.224 e. The molecule has 2 aromatic rings. The molecule has 3 rings (SSSR count). The molecule has 1 amide bonds. The van der Waals surface area contributed by atoms with Crippen LogP contribution in [-0.2, 0) is 21.2 Å². The summed E-state index contributed by atoms with van der Waals surface area (Å²) in [5, 5.41) is 2.27. The van der Waals surface area contributed by atoms with Gasteiger partial charge in [0.15, 0.2) is 11.6 Å². The van der Waals surface area contributed by atoms with Gasteiger partial charge in [-0.1, -0.05) is 37.3 Å². The lowest BCUT2D eigenvalue weighted by Crippen LogP contribution is -2.41. The van der Waals surface area contributed by atoms with Crippen molar-refractivity contribution >= 4 is 15.9 Å². The van der Waals surface area contributed by atoms with Crippen molar-refractivity contribution in [3.05, 3.63) is 59.7 Å². The SMILES string of the molecule is CC[C@@H](C)S(=O)(=O)N1CCNC(=O)[C@H](Cc2ccccc2-c2ccc(F)c(F)c2)C1. The fourth-order valence-electron chi connectivity index (χ4n) is 3.63. The van der Waals surface area contributed by atoms with Crippen LogP contribution in [0.2, 0.25) is 0 Å². The van der Waals surface area contributed by atoms with Crippen LogP contribution < -0.4 is 5.32 Å². The molecule has 0 aromatic heterocycles. The Labute approximate surface area is 176 Å². The first-order valence-corrected chi connectivity index (χ1v) is 11.5. The van der Waals surface area contributed by atoms with Crippen molar-refractivity contribution in [3.63, 3.8) is 0 Å². The van der Waals surface area contributed by atoms with Crippen molar-refractivity contribution in [1.29, 1.82) is 0 Å². The highest BCUT2D eigenvalue weighted by Crippen LogP contribution is 2.28. The van der Waals surface area contributed by atoms with E-state index in [0.717, 1.165) is 17.7 Å². The number of nitrogens with zero attached hydrogens (tertiary/aromatic N) is 1. The largest absolute Gasteiger partial charge is 0.354 e. The van der Waals surface area contributed by atoms with E-state index in [4.69, 9.17) is 0 Å². The van der Waals surface area contributed by atoms with Crippen LogP contribution >= 0.6 is 0 Å². The lowest BCUT2D eigenvalue weighted by atomic mass is 9.91. The van der Waals surface area contributed by atoms with Crippen molar-refractivity contribution in [1.82, 2.24) is 9.62 Å². The van der Waals surface area contributed by atoms with Gasteiger partial charge in [-0.3, -0.25) is 4.79 Å². The van der Waals surface area contributed by atoms with Gasteiger partial charge in [-0.2, -0.15) is 4.31 Å². The summed E-state index contributed by atoms with van der Waals surface area (Å²) < 4.78 is 54.2. The lowest BCUT2D eigenvalue weighted by molar-refractivity contribution is -0.124. The van der Waals surface area contributed by atoms with Crippen LogP contribution in [0.15, 0.2) is 42.5 Å². The van der Waals surface area contributed by atoms with Crippen LogP contribution in [0, 0.1) is 17.6 Å². The third-order valence-electron chi connectivity index (χ3n) is 5.61. The van der Waals surface area contributed by atoms with E-state index >= 15 is 0 Å². The minimum atomic E-state index is -3.51. The molecule has 0 spiro atoms. The van der Waals surface area contributed by atoms with Crippen molar-refractivity contribution in [2.45, 2.75) is 31.9 Å². The number of rotatable bonds is 6. The Kier molecular flexibility index (Phi) is 6.88. The monoisotopic (exact) mass is 436 g/mol. The van der Waals surface area contributed by atoms with E-state index in [-0.39, 0.29) is 32.0 Å². The molecule has 0 radical (unpaired) electrons. The molecule has 2 aromatic carbocycles. The van der Waals surface area contributed by atoms with Gasteiger partial charge in [-0.15, -0.1) is 0 Å². The number of benzene rings is 2. The first kappa shape index (κ1) is 22.4. The molecule has 0 bridgehead atoms. The molecule has 1 saturated heterocycles. The predicted octanol–water partition coefficient (Wildman–Crippen LogP) is 3.35. The zero-order valence-electron chi connectivity index (χ0n) is 17.1. The van der Waals surface area contributed by atoms with E-state index in [1.807, 2.05) is 13.0 Å². The summed E-state index contributed by atoms with van der Waals surface area (Å²) in [6.45, 7) is 4.07. The molecule has 2 atom stereocenters. The Morgan fingerprint density at radius 3 is 2.60 bits per heavy atom. The van der Waals surface area contributed by atoms with Gasteiger partial charge in [0.05, 0.1) is 11.2 Å². The number of carbonyl (C=O) groups is 1. The highest BCUT2D eigenvalue weighted by atomic mass is 32.2. The second-order valence-corrected chi connectivity index (χ2v) is 9.95. The molecule has 5 nitrogen and oxygen atoms in total. The van der Waals surface area contributed by atoms with Gasteiger partial charge < -0.3 is 5.32 Å². The topological polar surface area (TPSA) is 66.5 Å². The van der Waals surface area contributed by atoms with Gasteiger partial charge in [0, 0.05) is 19.6 Å². The van der Waals surface area contributed by atoms with Crippen molar-refractivity contribution in [2.24, 2.45) is 5.92 Å². The second-order valence-electron chi connectivity index (χ2n) is 7.60. The van der Waals surface area contributed by atoms with E-state index in [9.17, 15) is 22.0 Å². The Bertz CT molecular complexity index is 1030. The average molecular weight is 437 g/mol. The van der Waals surface area contributed by atoms with Gasteiger partial charge in [0.1, 0.15) is 0 Å². The van der Waals surface area contributed by atoms with Crippen molar-refractivity contribution in [3.8, 4) is 11.1 Å². The third kappa shape index (κ3) is 4.70. The van der Waals surface area contributed by atoms with Gasteiger partial charge in [0.2, 0.25) is 15.9 Å². The number of hydrogen-bond acceptors (Lipinski definition) is 3. The van der Waals surface area contributed by atoms with E-state index in [2.05, 4.69) is 5.32 Å². The normalized spacial score (nSPS) is 19.2. The Morgan fingerprint density at radius 1 is 1.17 bits per heavy atom. The Morgan fingerprint density at radius 2 is 1.90 bits per heavy atom. The summed E-state index contributed by atoms with van der Waals surface area (Å²) in [6.07, 6.45) is 0.775. The quantitative estimate of drug-likeness (QED) is 0.755. The molecule has 1 fully saturated rings. The van der Waals surface area contributed by atoms with Gasteiger partial charge in [0.25, 0.3) is 0 Å². The van der Waals surface area contributed by atoms with Crippen LogP contribution in [0.25, 0.3) is 11.1 Å². The Balaban J connectivity index is 1.91. The van der Waals surface area contributed by atoms with Gasteiger partial charge in [-0.05, 0) is 48.6 Å². The van der Waals surface area contributed by atoms with E-state index in [1.165, 1.54) is 10.4 Å². The molecule has 0 aliphatic carbocycles. The highest BCUT2D eigenvalue weighted by Gasteiger charge is 2.34. The van der Waals surface area contributed by atoms with Crippen LogP contribution in [0.4, 0.5) is 8.78 Å². The summed E-state index contributed by atoms with van der Waals surface area (Å²) in [5.74, 6) is -2.67. The summed E-state index contributed by atoms with van der Waals surface area (Å²) in [4.78, 5) is 12.6.